The molecule has 3 amide bonds. The van der Waals surface area contributed by atoms with E-state index in [9.17, 15) is 9.59 Å². The highest BCUT2D eigenvalue weighted by molar-refractivity contribution is 6.01. The molecule has 0 radical (unpaired) electrons. The zero-order chi connectivity index (χ0) is 11.8. The third kappa shape index (κ3) is 2.02. The number of amides is 3. The summed E-state index contributed by atoms with van der Waals surface area (Å²) in [7, 11) is 0. The van der Waals surface area contributed by atoms with E-state index in [2.05, 4.69) is 15.5 Å². The van der Waals surface area contributed by atoms with Crippen LogP contribution in [-0.2, 0) is 4.79 Å². The molecule has 0 aliphatic carbocycles. The Kier molecular flexibility index (Phi) is 2.76. The van der Waals surface area contributed by atoms with Crippen molar-refractivity contribution in [3.8, 4) is 0 Å². The number of hydrogen-bond acceptors (Lipinski definition) is 4. The summed E-state index contributed by atoms with van der Waals surface area (Å²) in [4.78, 5) is 26.4. The highest BCUT2D eigenvalue weighted by Gasteiger charge is 2.36. The molecule has 0 bridgehead atoms. The first-order valence-electron chi connectivity index (χ1n) is 6.25. The van der Waals surface area contributed by atoms with Crippen LogP contribution in [0.5, 0.6) is 0 Å². The number of carbonyl (C=O) groups is 2. The fraction of sp³-hybridized carbons (Fsp3) is 0.818. The minimum absolute atomic E-state index is 0.101. The van der Waals surface area contributed by atoms with Crippen LogP contribution in [0, 0.1) is 11.8 Å². The number of urea groups is 1. The Morgan fingerprint density at radius 1 is 1.12 bits per heavy atom. The van der Waals surface area contributed by atoms with Crippen molar-refractivity contribution in [2.24, 2.45) is 11.8 Å². The van der Waals surface area contributed by atoms with Crippen molar-refractivity contribution in [1.82, 2.24) is 20.4 Å². The highest BCUT2D eigenvalue weighted by atomic mass is 16.2. The third-order valence-corrected chi connectivity index (χ3v) is 4.04. The van der Waals surface area contributed by atoms with Gasteiger partial charge in [-0.3, -0.25) is 9.69 Å². The van der Waals surface area contributed by atoms with Crippen molar-refractivity contribution in [2.45, 2.75) is 0 Å². The maximum absolute atomic E-state index is 11.4. The lowest BCUT2D eigenvalue weighted by Crippen LogP contribution is -2.39. The summed E-state index contributed by atoms with van der Waals surface area (Å²) in [6, 6.07) is -0.240. The van der Waals surface area contributed by atoms with Gasteiger partial charge in [0.25, 0.3) is 0 Å². The lowest BCUT2D eigenvalue weighted by atomic mass is 10.0. The first kappa shape index (κ1) is 11.0. The molecule has 17 heavy (non-hydrogen) atoms. The summed E-state index contributed by atoms with van der Waals surface area (Å²) in [5.41, 5.74) is 0. The first-order chi connectivity index (χ1) is 8.24. The van der Waals surface area contributed by atoms with Crippen LogP contribution in [0.2, 0.25) is 0 Å². The third-order valence-electron chi connectivity index (χ3n) is 4.04. The maximum Gasteiger partial charge on any atom is 0.324 e. The van der Waals surface area contributed by atoms with Gasteiger partial charge in [-0.2, -0.15) is 0 Å². The molecule has 3 aliphatic rings. The molecular weight excluding hydrogens is 220 g/mol. The van der Waals surface area contributed by atoms with Crippen LogP contribution in [0.25, 0.3) is 0 Å². The van der Waals surface area contributed by atoms with Gasteiger partial charge in [-0.15, -0.1) is 0 Å². The number of imide groups is 1. The number of nitrogens with one attached hydrogen (secondary N) is 2. The first-order valence-corrected chi connectivity index (χ1v) is 6.25. The molecule has 2 atom stereocenters. The topological polar surface area (TPSA) is 64.7 Å². The average molecular weight is 238 g/mol. The lowest BCUT2D eigenvalue weighted by molar-refractivity contribution is -0.125. The molecule has 2 unspecified atom stereocenters. The summed E-state index contributed by atoms with van der Waals surface area (Å²) in [6.07, 6.45) is 0. The van der Waals surface area contributed by atoms with Crippen LogP contribution >= 0.6 is 0 Å². The molecule has 0 aromatic heterocycles. The Bertz CT molecular complexity index is 318. The van der Waals surface area contributed by atoms with E-state index in [0.717, 1.165) is 44.6 Å². The van der Waals surface area contributed by atoms with Crippen LogP contribution < -0.4 is 10.6 Å². The van der Waals surface area contributed by atoms with E-state index in [1.165, 1.54) is 4.90 Å². The molecule has 3 heterocycles. The van der Waals surface area contributed by atoms with E-state index >= 15 is 0 Å². The van der Waals surface area contributed by atoms with Crippen molar-refractivity contribution in [2.75, 3.05) is 45.8 Å². The van der Waals surface area contributed by atoms with E-state index in [1.807, 2.05) is 0 Å². The van der Waals surface area contributed by atoms with Gasteiger partial charge in [0.05, 0.1) is 6.54 Å². The van der Waals surface area contributed by atoms with Gasteiger partial charge in [0.1, 0.15) is 0 Å². The normalized spacial score (nSPS) is 33.3. The average Bonchev–Trinajstić information content (AvgIpc) is 2.92. The molecule has 6 nitrogen and oxygen atoms in total. The summed E-state index contributed by atoms with van der Waals surface area (Å²) in [5.74, 6) is 1.42. The maximum atomic E-state index is 11.4. The van der Waals surface area contributed by atoms with Crippen LogP contribution in [0.4, 0.5) is 4.79 Å². The van der Waals surface area contributed by atoms with Crippen molar-refractivity contribution in [3.05, 3.63) is 0 Å². The highest BCUT2D eigenvalue weighted by Crippen LogP contribution is 2.25. The Morgan fingerprint density at radius 2 is 1.82 bits per heavy atom. The molecule has 0 aromatic carbocycles. The zero-order valence-electron chi connectivity index (χ0n) is 9.82. The van der Waals surface area contributed by atoms with Gasteiger partial charge in [0.2, 0.25) is 5.91 Å². The van der Waals surface area contributed by atoms with E-state index in [0.29, 0.717) is 6.54 Å². The molecule has 3 fully saturated rings. The van der Waals surface area contributed by atoms with Crippen molar-refractivity contribution in [1.29, 1.82) is 0 Å². The van der Waals surface area contributed by atoms with Crippen LogP contribution in [0.1, 0.15) is 0 Å². The number of fused-ring (bicyclic) bond motifs is 1. The summed E-state index contributed by atoms with van der Waals surface area (Å²) < 4.78 is 0. The van der Waals surface area contributed by atoms with Crippen LogP contribution in [0.3, 0.4) is 0 Å². The van der Waals surface area contributed by atoms with Crippen molar-refractivity contribution >= 4 is 11.9 Å². The Balaban J connectivity index is 1.49. The van der Waals surface area contributed by atoms with Crippen molar-refractivity contribution in [3.63, 3.8) is 0 Å². The molecule has 3 aliphatic heterocycles. The summed E-state index contributed by atoms with van der Waals surface area (Å²) in [5, 5.41) is 5.94. The second kappa shape index (κ2) is 4.27. The Labute approximate surface area is 100 Å². The Morgan fingerprint density at radius 3 is 2.41 bits per heavy atom. The van der Waals surface area contributed by atoms with Crippen molar-refractivity contribution < 1.29 is 9.59 Å². The zero-order valence-corrected chi connectivity index (χ0v) is 9.82. The van der Waals surface area contributed by atoms with E-state index in [1.54, 1.807) is 0 Å². The standard InChI is InChI=1S/C11H18N4O2/c16-10-5-13-11(17)15(10)2-1-14-6-8-3-12-4-9(8)7-14/h8-9,12H,1-7H2,(H,13,17). The van der Waals surface area contributed by atoms with E-state index in [4.69, 9.17) is 0 Å². The van der Waals surface area contributed by atoms with Gasteiger partial charge in [-0.1, -0.05) is 0 Å². The molecule has 3 rings (SSSR count). The number of carbonyl (C=O) groups excluding carboxylic acids is 2. The predicted octanol–water partition coefficient (Wildman–Crippen LogP) is -1.31. The number of nitrogens with zero attached hydrogens (tertiary/aromatic N) is 2. The molecular formula is C11H18N4O2. The number of likely N-dealkylation sites (tertiary alicyclic amines) is 1. The van der Waals surface area contributed by atoms with Gasteiger partial charge in [0, 0.05) is 26.2 Å². The number of hydrogen-bond donors (Lipinski definition) is 2. The van der Waals surface area contributed by atoms with Gasteiger partial charge >= 0.3 is 6.03 Å². The second-order valence-electron chi connectivity index (χ2n) is 5.14. The van der Waals surface area contributed by atoms with Crippen LogP contribution in [0.15, 0.2) is 0 Å². The van der Waals surface area contributed by atoms with Gasteiger partial charge in [-0.05, 0) is 24.9 Å². The Hall–Kier alpha value is -1.14. The van der Waals surface area contributed by atoms with Gasteiger partial charge in [-0.25, -0.2) is 4.79 Å². The quantitative estimate of drug-likeness (QED) is 0.599. The largest absolute Gasteiger partial charge is 0.329 e. The van der Waals surface area contributed by atoms with E-state index < -0.39 is 0 Å². The second-order valence-corrected chi connectivity index (χ2v) is 5.14. The lowest BCUT2D eigenvalue weighted by Gasteiger charge is -2.20. The minimum atomic E-state index is -0.240. The SMILES string of the molecule is O=C1CNC(=O)N1CCN1CC2CNCC2C1. The fourth-order valence-electron chi connectivity index (χ4n) is 3.06. The number of rotatable bonds is 3. The summed E-state index contributed by atoms with van der Waals surface area (Å²) >= 11 is 0. The van der Waals surface area contributed by atoms with Gasteiger partial charge in [0.15, 0.2) is 0 Å². The van der Waals surface area contributed by atoms with E-state index in [-0.39, 0.29) is 18.5 Å². The fourth-order valence-corrected chi connectivity index (χ4v) is 3.06. The summed E-state index contributed by atoms with van der Waals surface area (Å²) in [6.45, 7) is 5.93. The molecule has 94 valence electrons. The molecule has 0 aromatic rings. The molecule has 0 spiro atoms. The molecule has 3 saturated heterocycles. The van der Waals surface area contributed by atoms with Gasteiger partial charge < -0.3 is 15.5 Å². The minimum Gasteiger partial charge on any atom is -0.329 e. The molecule has 2 N–H and O–H groups in total. The van der Waals surface area contributed by atoms with Crippen LogP contribution in [-0.4, -0.2) is 67.6 Å². The molecule has 0 saturated carbocycles. The molecule has 6 heteroatoms. The smallest absolute Gasteiger partial charge is 0.324 e. The monoisotopic (exact) mass is 238 g/mol. The predicted molar refractivity (Wildman–Crippen MR) is 61.4 cm³/mol.